The predicted octanol–water partition coefficient (Wildman–Crippen LogP) is -6.10. The molecular formula is C14H24Na2O7S. The smallest absolute Gasteiger partial charge is 0.550 e. The number of carbonyl (C=O) groups is 2. The minimum absolute atomic E-state index is 0. The van der Waals surface area contributed by atoms with Gasteiger partial charge in [-0.1, -0.05) is 52.4 Å². The van der Waals surface area contributed by atoms with Gasteiger partial charge in [-0.05, 0) is 12.3 Å². The second-order valence-corrected chi connectivity index (χ2v) is 7.74. The summed E-state index contributed by atoms with van der Waals surface area (Å²) in [6.45, 7) is 4.22. The third-order valence-corrected chi connectivity index (χ3v) is 5.16. The summed E-state index contributed by atoms with van der Waals surface area (Å²) in [4.78, 5) is 21.7. The first kappa shape index (κ1) is 29.6. The molecule has 0 aliphatic heterocycles. The summed E-state index contributed by atoms with van der Waals surface area (Å²) in [6.07, 6.45) is 2.72. The van der Waals surface area contributed by atoms with Crippen LogP contribution >= 0.6 is 0 Å². The fourth-order valence-corrected chi connectivity index (χ4v) is 3.23. The molecule has 1 atom stereocenters. The third kappa shape index (κ3) is 10.8. The van der Waals surface area contributed by atoms with Crippen molar-refractivity contribution in [2.24, 2.45) is 5.92 Å². The van der Waals surface area contributed by atoms with E-state index >= 15 is 0 Å². The maximum Gasteiger partial charge on any atom is 1.00 e. The Morgan fingerprint density at radius 2 is 1.46 bits per heavy atom. The Morgan fingerprint density at radius 3 is 1.83 bits per heavy atom. The average molecular weight is 382 g/mol. The van der Waals surface area contributed by atoms with Crippen molar-refractivity contribution in [1.29, 1.82) is 0 Å². The van der Waals surface area contributed by atoms with Gasteiger partial charge in [0.2, 0.25) is 0 Å². The Bertz CT molecular complexity index is 480. The van der Waals surface area contributed by atoms with E-state index in [1.165, 1.54) is 0 Å². The Labute approximate surface area is 188 Å². The van der Waals surface area contributed by atoms with Crippen LogP contribution in [-0.4, -0.2) is 29.7 Å². The van der Waals surface area contributed by atoms with Gasteiger partial charge >= 0.3 is 59.1 Å². The number of hydrogen-bond donors (Lipinski definition) is 1. The molecule has 0 aliphatic rings. The molecule has 0 aromatic carbocycles. The molecule has 0 heterocycles. The molecule has 0 rings (SSSR count). The van der Waals surface area contributed by atoms with E-state index in [-0.39, 0.29) is 65.5 Å². The van der Waals surface area contributed by atoms with Gasteiger partial charge in [0.25, 0.3) is 10.1 Å². The zero-order chi connectivity index (χ0) is 17.4. The number of carboxylic acid groups (broad SMARTS) is 2. The van der Waals surface area contributed by atoms with E-state index in [1.807, 2.05) is 0 Å². The Balaban J connectivity index is -0.00000220. The predicted molar refractivity (Wildman–Crippen MR) is 76.1 cm³/mol. The molecule has 130 valence electrons. The van der Waals surface area contributed by atoms with Crippen molar-refractivity contribution in [1.82, 2.24) is 0 Å². The van der Waals surface area contributed by atoms with Gasteiger partial charge in [-0.3, -0.25) is 4.55 Å². The summed E-state index contributed by atoms with van der Waals surface area (Å²) >= 11 is 0. The van der Waals surface area contributed by atoms with E-state index in [4.69, 9.17) is 4.55 Å². The number of hydrogen-bond acceptors (Lipinski definition) is 6. The van der Waals surface area contributed by atoms with Crippen molar-refractivity contribution in [3.63, 3.8) is 0 Å². The van der Waals surface area contributed by atoms with E-state index in [0.717, 1.165) is 25.7 Å². The zero-order valence-corrected chi connectivity index (χ0v) is 19.9. The van der Waals surface area contributed by atoms with Crippen molar-refractivity contribution >= 4 is 22.1 Å². The first-order valence-corrected chi connectivity index (χ1v) is 8.85. The maximum atomic E-state index is 11.3. The van der Waals surface area contributed by atoms with Crippen LogP contribution in [0.15, 0.2) is 0 Å². The summed E-state index contributed by atoms with van der Waals surface area (Å²) in [6, 6.07) is 0. The second-order valence-electron chi connectivity index (χ2n) is 6.01. The molecular weight excluding hydrogens is 358 g/mol. The molecule has 1 N–H and O–H groups in total. The minimum Gasteiger partial charge on any atom is -0.550 e. The quantitative estimate of drug-likeness (QED) is 0.202. The molecule has 0 radical (unpaired) electrons. The van der Waals surface area contributed by atoms with Crippen LogP contribution in [0, 0.1) is 5.92 Å². The molecule has 0 bridgehead atoms. The van der Waals surface area contributed by atoms with E-state index in [0.29, 0.717) is 12.3 Å². The van der Waals surface area contributed by atoms with E-state index in [1.54, 1.807) is 0 Å². The molecule has 0 aromatic rings. The summed E-state index contributed by atoms with van der Waals surface area (Å²) in [5.74, 6) is -3.37. The van der Waals surface area contributed by atoms with Gasteiger partial charge in [0.1, 0.15) is 4.75 Å². The molecule has 0 aromatic heterocycles. The van der Waals surface area contributed by atoms with Crippen LogP contribution in [0.1, 0.15) is 65.2 Å². The SMILES string of the molecule is CC(C)CCCCCCCC(CC(=O)[O-])(C(=O)[O-])S(=O)(=O)O.[Na+].[Na+]. The number of rotatable bonds is 12. The first-order valence-electron chi connectivity index (χ1n) is 7.41. The number of carbonyl (C=O) groups excluding carboxylic acids is 2. The normalized spacial score (nSPS) is 13.5. The Kier molecular flexibility index (Phi) is 17.2. The van der Waals surface area contributed by atoms with Gasteiger partial charge in [0, 0.05) is 12.4 Å². The van der Waals surface area contributed by atoms with Crippen LogP contribution in [0.4, 0.5) is 0 Å². The van der Waals surface area contributed by atoms with Crippen LogP contribution in [-0.2, 0) is 19.7 Å². The number of unbranched alkanes of at least 4 members (excludes halogenated alkanes) is 4. The van der Waals surface area contributed by atoms with E-state index in [2.05, 4.69) is 13.8 Å². The number of aliphatic carboxylic acids is 2. The molecule has 0 saturated carbocycles. The van der Waals surface area contributed by atoms with Crippen LogP contribution in [0.2, 0.25) is 0 Å². The number of carboxylic acids is 2. The van der Waals surface area contributed by atoms with Crippen molar-refractivity contribution in [2.45, 2.75) is 70.0 Å². The van der Waals surface area contributed by atoms with Crippen LogP contribution < -0.4 is 69.3 Å². The van der Waals surface area contributed by atoms with E-state index in [9.17, 15) is 28.2 Å². The summed E-state index contributed by atoms with van der Waals surface area (Å²) < 4.78 is 28.9. The van der Waals surface area contributed by atoms with Crippen molar-refractivity contribution < 1.29 is 91.9 Å². The topological polar surface area (TPSA) is 135 Å². The van der Waals surface area contributed by atoms with Gasteiger partial charge in [-0.2, -0.15) is 8.42 Å². The molecule has 0 amide bonds. The summed E-state index contributed by atoms with van der Waals surface area (Å²) in [5.41, 5.74) is 0. The van der Waals surface area contributed by atoms with Crippen molar-refractivity contribution in [2.75, 3.05) is 0 Å². The third-order valence-electron chi connectivity index (χ3n) is 3.66. The zero-order valence-electron chi connectivity index (χ0n) is 15.0. The molecule has 0 saturated heterocycles. The van der Waals surface area contributed by atoms with Crippen LogP contribution in [0.25, 0.3) is 0 Å². The van der Waals surface area contributed by atoms with Gasteiger partial charge in [0.05, 0.1) is 5.97 Å². The first-order chi connectivity index (χ1) is 10.0. The minimum atomic E-state index is -5.11. The van der Waals surface area contributed by atoms with E-state index < -0.39 is 39.6 Å². The monoisotopic (exact) mass is 382 g/mol. The maximum absolute atomic E-state index is 11.3. The summed E-state index contributed by atoms with van der Waals surface area (Å²) in [7, 11) is -5.11. The van der Waals surface area contributed by atoms with Gasteiger partial charge in [-0.15, -0.1) is 0 Å². The molecule has 0 spiro atoms. The largest absolute Gasteiger partial charge is 1.00 e. The molecule has 24 heavy (non-hydrogen) atoms. The average Bonchev–Trinajstić information content (AvgIpc) is 2.33. The fraction of sp³-hybridized carbons (Fsp3) is 0.857. The Morgan fingerprint density at radius 1 is 1.00 bits per heavy atom. The molecule has 7 nitrogen and oxygen atoms in total. The molecule has 10 heteroatoms. The molecule has 0 aliphatic carbocycles. The van der Waals surface area contributed by atoms with Crippen molar-refractivity contribution in [3.8, 4) is 0 Å². The molecule has 0 fully saturated rings. The van der Waals surface area contributed by atoms with Gasteiger partial charge in [-0.25, -0.2) is 0 Å². The summed E-state index contributed by atoms with van der Waals surface area (Å²) in [5, 5.41) is 21.7. The van der Waals surface area contributed by atoms with Gasteiger partial charge in [0.15, 0.2) is 0 Å². The van der Waals surface area contributed by atoms with Crippen molar-refractivity contribution in [3.05, 3.63) is 0 Å². The molecule has 1 unspecified atom stereocenters. The Hall–Kier alpha value is 0.850. The fourth-order valence-electron chi connectivity index (χ4n) is 2.31. The van der Waals surface area contributed by atoms with Crippen LogP contribution in [0.3, 0.4) is 0 Å². The second kappa shape index (κ2) is 14.0. The standard InChI is InChI=1S/C14H26O7S.2Na/c1-11(2)8-6-4-3-5-7-9-14(13(17)18,10-12(15)16)22(19,20)21;;/h11H,3-10H2,1-2H3,(H,15,16)(H,17,18)(H,19,20,21);;/q;2*+1/p-2. The van der Waals surface area contributed by atoms with Gasteiger partial charge < -0.3 is 19.8 Å². The van der Waals surface area contributed by atoms with Crippen LogP contribution in [0.5, 0.6) is 0 Å².